The van der Waals surface area contributed by atoms with E-state index < -0.39 is 6.09 Å². The van der Waals surface area contributed by atoms with Crippen LogP contribution in [0.15, 0.2) is 54.7 Å². The molecule has 0 atom stereocenters. The van der Waals surface area contributed by atoms with E-state index in [2.05, 4.69) is 29.4 Å². The van der Waals surface area contributed by atoms with Crippen molar-refractivity contribution in [3.63, 3.8) is 0 Å². The maximum absolute atomic E-state index is 11.5. The summed E-state index contributed by atoms with van der Waals surface area (Å²) < 4.78 is 4.88. The zero-order valence-electron chi connectivity index (χ0n) is 13.2. The minimum Gasteiger partial charge on any atom is -0.450 e. The fourth-order valence-corrected chi connectivity index (χ4v) is 2.65. The molecule has 0 radical (unpaired) electrons. The van der Waals surface area contributed by atoms with E-state index in [1.54, 1.807) is 13.1 Å². The smallest absolute Gasteiger partial charge is 0.411 e. The lowest BCUT2D eigenvalue weighted by Crippen LogP contribution is -2.13. The highest BCUT2D eigenvalue weighted by molar-refractivity contribution is 5.96. The summed E-state index contributed by atoms with van der Waals surface area (Å²) in [4.78, 5) is 15.9. The number of carbonyl (C=O) groups is 1. The highest BCUT2D eigenvalue weighted by Gasteiger charge is 2.08. The number of pyridine rings is 1. The van der Waals surface area contributed by atoms with Gasteiger partial charge in [0.2, 0.25) is 0 Å². The van der Waals surface area contributed by atoms with Crippen molar-refractivity contribution in [2.45, 2.75) is 13.8 Å². The summed E-state index contributed by atoms with van der Waals surface area (Å²) in [6, 6.07) is 15.9. The van der Waals surface area contributed by atoms with Crippen LogP contribution in [0, 0.1) is 6.92 Å². The molecule has 3 aromatic rings. The quantitative estimate of drug-likeness (QED) is 0.757. The van der Waals surface area contributed by atoms with Gasteiger partial charge in [0.25, 0.3) is 0 Å². The average Bonchev–Trinajstić information content (AvgIpc) is 2.56. The van der Waals surface area contributed by atoms with Gasteiger partial charge in [-0.3, -0.25) is 10.3 Å². The predicted molar refractivity (Wildman–Crippen MR) is 92.6 cm³/mol. The number of carbonyl (C=O) groups excluding carboxylic acids is 1. The molecule has 23 heavy (non-hydrogen) atoms. The molecule has 4 heteroatoms. The summed E-state index contributed by atoms with van der Waals surface area (Å²) in [7, 11) is 0. The molecule has 0 fully saturated rings. The molecule has 0 saturated heterocycles. The minimum absolute atomic E-state index is 0.353. The third-order valence-corrected chi connectivity index (χ3v) is 3.69. The van der Waals surface area contributed by atoms with Crippen LogP contribution in [-0.4, -0.2) is 17.7 Å². The van der Waals surface area contributed by atoms with Gasteiger partial charge < -0.3 is 4.74 Å². The summed E-state index contributed by atoms with van der Waals surface area (Å²) in [6.45, 7) is 4.22. The van der Waals surface area contributed by atoms with E-state index in [9.17, 15) is 4.79 Å². The molecule has 0 aliphatic heterocycles. The highest BCUT2D eigenvalue weighted by atomic mass is 16.5. The van der Waals surface area contributed by atoms with E-state index >= 15 is 0 Å². The lowest BCUT2D eigenvalue weighted by Gasteiger charge is -2.11. The molecule has 1 heterocycles. The first-order chi connectivity index (χ1) is 11.2. The van der Waals surface area contributed by atoms with Gasteiger partial charge in [-0.25, -0.2) is 4.79 Å². The van der Waals surface area contributed by atoms with Gasteiger partial charge in [-0.05, 0) is 54.8 Å². The second-order valence-corrected chi connectivity index (χ2v) is 5.25. The first-order valence-electron chi connectivity index (χ1n) is 7.57. The minimum atomic E-state index is -0.439. The molecule has 3 rings (SSSR count). The Morgan fingerprint density at radius 1 is 1.13 bits per heavy atom. The number of aryl methyl sites for hydroxylation is 1. The van der Waals surface area contributed by atoms with Crippen molar-refractivity contribution < 1.29 is 9.53 Å². The molecular weight excluding hydrogens is 288 g/mol. The van der Waals surface area contributed by atoms with Crippen molar-refractivity contribution in [1.82, 2.24) is 4.98 Å². The molecule has 0 aliphatic carbocycles. The molecular formula is C19H18N2O2. The van der Waals surface area contributed by atoms with Crippen LogP contribution in [0.3, 0.4) is 0 Å². The fraction of sp³-hybridized carbons (Fsp3) is 0.158. The van der Waals surface area contributed by atoms with E-state index in [0.717, 1.165) is 16.5 Å². The Hall–Kier alpha value is -2.88. The zero-order valence-corrected chi connectivity index (χ0v) is 13.2. The first-order valence-corrected chi connectivity index (χ1v) is 7.57. The van der Waals surface area contributed by atoms with Crippen LogP contribution >= 0.6 is 0 Å². The molecule has 0 aliphatic rings. The Labute approximate surface area is 135 Å². The van der Waals surface area contributed by atoms with Crippen molar-refractivity contribution >= 4 is 22.7 Å². The van der Waals surface area contributed by atoms with Crippen LogP contribution < -0.4 is 5.32 Å². The molecule has 0 spiro atoms. The topological polar surface area (TPSA) is 51.2 Å². The van der Waals surface area contributed by atoms with Crippen molar-refractivity contribution in [3.05, 3.63) is 60.3 Å². The number of benzene rings is 2. The van der Waals surface area contributed by atoms with Gasteiger partial charge in [-0.1, -0.05) is 24.3 Å². The van der Waals surface area contributed by atoms with Gasteiger partial charge >= 0.3 is 6.09 Å². The summed E-state index contributed by atoms with van der Waals surface area (Å²) in [5, 5.41) is 3.82. The molecule has 1 amide bonds. The summed E-state index contributed by atoms with van der Waals surface area (Å²) >= 11 is 0. The lowest BCUT2D eigenvalue weighted by atomic mass is 9.96. The van der Waals surface area contributed by atoms with E-state index in [1.165, 1.54) is 11.1 Å². The van der Waals surface area contributed by atoms with Crippen LogP contribution in [0.4, 0.5) is 10.5 Å². The van der Waals surface area contributed by atoms with Gasteiger partial charge in [0, 0.05) is 17.3 Å². The van der Waals surface area contributed by atoms with Gasteiger partial charge in [-0.2, -0.15) is 0 Å². The summed E-state index contributed by atoms with van der Waals surface area (Å²) in [5.74, 6) is 0. The number of aromatic nitrogens is 1. The molecule has 0 unspecified atom stereocenters. The van der Waals surface area contributed by atoms with Crippen LogP contribution in [0.1, 0.15) is 12.5 Å². The summed E-state index contributed by atoms with van der Waals surface area (Å²) in [6.07, 6.45) is 1.36. The third kappa shape index (κ3) is 3.16. The Kier molecular flexibility index (Phi) is 4.24. The Balaban J connectivity index is 1.97. The van der Waals surface area contributed by atoms with Crippen molar-refractivity contribution in [1.29, 1.82) is 0 Å². The third-order valence-electron chi connectivity index (χ3n) is 3.69. The maximum Gasteiger partial charge on any atom is 0.411 e. The SMILES string of the molecule is CCOC(=O)Nc1ccc(-c2c(C)ccc3ncccc23)cc1. The monoisotopic (exact) mass is 306 g/mol. The predicted octanol–water partition coefficient (Wildman–Crippen LogP) is 4.78. The zero-order chi connectivity index (χ0) is 16.2. The van der Waals surface area contributed by atoms with Crippen molar-refractivity contribution in [3.8, 4) is 11.1 Å². The Morgan fingerprint density at radius 3 is 2.65 bits per heavy atom. The number of nitrogens with one attached hydrogen (secondary N) is 1. The van der Waals surface area contributed by atoms with Gasteiger partial charge in [0.15, 0.2) is 0 Å². The number of rotatable bonds is 3. The van der Waals surface area contributed by atoms with Crippen LogP contribution in [-0.2, 0) is 4.74 Å². The maximum atomic E-state index is 11.5. The number of anilines is 1. The standard InChI is InChI=1S/C19H18N2O2/c1-3-23-19(22)21-15-9-7-14(8-10-15)18-13(2)6-11-17-16(18)5-4-12-20-17/h4-12H,3H2,1-2H3,(H,21,22). The van der Waals surface area contributed by atoms with Crippen molar-refractivity contribution in [2.24, 2.45) is 0 Å². The normalized spacial score (nSPS) is 10.5. The second kappa shape index (κ2) is 6.48. The largest absolute Gasteiger partial charge is 0.450 e. The number of amides is 1. The Bertz CT molecular complexity index is 842. The van der Waals surface area contributed by atoms with Crippen LogP contribution in [0.25, 0.3) is 22.0 Å². The van der Waals surface area contributed by atoms with Crippen molar-refractivity contribution in [2.75, 3.05) is 11.9 Å². The number of ether oxygens (including phenoxy) is 1. The van der Waals surface area contributed by atoms with E-state index in [4.69, 9.17) is 4.74 Å². The number of nitrogens with zero attached hydrogens (tertiary/aromatic N) is 1. The molecule has 116 valence electrons. The average molecular weight is 306 g/mol. The van der Waals surface area contributed by atoms with Crippen LogP contribution in [0.2, 0.25) is 0 Å². The van der Waals surface area contributed by atoms with Gasteiger partial charge in [-0.15, -0.1) is 0 Å². The number of fused-ring (bicyclic) bond motifs is 1. The van der Waals surface area contributed by atoms with E-state index in [1.807, 2.05) is 36.4 Å². The molecule has 4 nitrogen and oxygen atoms in total. The van der Waals surface area contributed by atoms with Gasteiger partial charge in [0.05, 0.1) is 12.1 Å². The van der Waals surface area contributed by atoms with E-state index in [0.29, 0.717) is 12.3 Å². The Morgan fingerprint density at radius 2 is 1.91 bits per heavy atom. The first kappa shape index (κ1) is 15.0. The molecule has 0 bridgehead atoms. The number of hydrogen-bond donors (Lipinski definition) is 1. The van der Waals surface area contributed by atoms with Gasteiger partial charge in [0.1, 0.15) is 0 Å². The summed E-state index contributed by atoms with van der Waals surface area (Å²) in [5.41, 5.74) is 5.13. The highest BCUT2D eigenvalue weighted by Crippen LogP contribution is 2.31. The second-order valence-electron chi connectivity index (χ2n) is 5.25. The number of hydrogen-bond acceptors (Lipinski definition) is 3. The molecule has 1 N–H and O–H groups in total. The van der Waals surface area contributed by atoms with Crippen LogP contribution in [0.5, 0.6) is 0 Å². The lowest BCUT2D eigenvalue weighted by molar-refractivity contribution is 0.168. The fourth-order valence-electron chi connectivity index (χ4n) is 2.65. The molecule has 1 aromatic heterocycles. The van der Waals surface area contributed by atoms with E-state index in [-0.39, 0.29) is 0 Å². The molecule has 0 saturated carbocycles. The molecule has 2 aromatic carbocycles.